The maximum atomic E-state index is 5.94. The van der Waals surface area contributed by atoms with E-state index in [1.54, 1.807) is 6.20 Å². The van der Waals surface area contributed by atoms with Crippen molar-refractivity contribution in [2.45, 2.75) is 18.9 Å². The van der Waals surface area contributed by atoms with Crippen LogP contribution in [0.3, 0.4) is 0 Å². The van der Waals surface area contributed by atoms with Crippen LogP contribution < -0.4 is 5.73 Å². The van der Waals surface area contributed by atoms with E-state index < -0.39 is 0 Å². The summed E-state index contributed by atoms with van der Waals surface area (Å²) >= 11 is 0. The molecule has 2 rings (SSSR count). The predicted octanol–water partition coefficient (Wildman–Crippen LogP) is 0.171. The topological polar surface area (TPSA) is 85.4 Å². The zero-order valence-corrected chi connectivity index (χ0v) is 8.59. The average Bonchev–Trinajstić information content (AvgIpc) is 2.85. The van der Waals surface area contributed by atoms with Gasteiger partial charge in [-0.1, -0.05) is 0 Å². The second kappa shape index (κ2) is 4.22. The average molecular weight is 206 g/mol. The fraction of sp³-hybridized carbons (Fsp3) is 0.444. The molecule has 6 heteroatoms. The molecule has 0 bridgehead atoms. The van der Waals surface area contributed by atoms with Crippen molar-refractivity contribution in [1.82, 2.24) is 25.0 Å². The van der Waals surface area contributed by atoms with Gasteiger partial charge in [-0.2, -0.15) is 10.2 Å². The van der Waals surface area contributed by atoms with Crippen LogP contribution in [0.2, 0.25) is 0 Å². The highest BCUT2D eigenvalue weighted by atomic mass is 15.3. The molecule has 15 heavy (non-hydrogen) atoms. The first-order chi connectivity index (χ1) is 7.27. The van der Waals surface area contributed by atoms with Crippen LogP contribution in [-0.2, 0) is 13.5 Å². The second-order valence-electron chi connectivity index (χ2n) is 3.46. The van der Waals surface area contributed by atoms with Crippen molar-refractivity contribution in [1.29, 1.82) is 0 Å². The summed E-state index contributed by atoms with van der Waals surface area (Å²) in [7, 11) is 1.93. The maximum Gasteiger partial charge on any atom is 0.141 e. The molecule has 0 aromatic carbocycles. The summed E-state index contributed by atoms with van der Waals surface area (Å²) in [5.41, 5.74) is 7.11. The Kier molecular flexibility index (Phi) is 2.77. The van der Waals surface area contributed by atoms with E-state index in [9.17, 15) is 0 Å². The highest BCUT2D eigenvalue weighted by Crippen LogP contribution is 2.11. The predicted molar refractivity (Wildman–Crippen MR) is 54.8 cm³/mol. The van der Waals surface area contributed by atoms with Crippen molar-refractivity contribution in [3.05, 3.63) is 30.1 Å². The molecular weight excluding hydrogens is 192 g/mol. The van der Waals surface area contributed by atoms with Crippen LogP contribution >= 0.6 is 0 Å². The molecule has 0 fully saturated rings. The Morgan fingerprint density at radius 2 is 2.47 bits per heavy atom. The van der Waals surface area contributed by atoms with Crippen LogP contribution in [0.25, 0.3) is 0 Å². The fourth-order valence-electron chi connectivity index (χ4n) is 1.48. The van der Waals surface area contributed by atoms with E-state index in [1.807, 2.05) is 17.8 Å². The molecule has 80 valence electrons. The summed E-state index contributed by atoms with van der Waals surface area (Å²) in [6.45, 7) is 0. The molecular formula is C9H14N6. The first-order valence-electron chi connectivity index (χ1n) is 4.85. The normalized spacial score (nSPS) is 12.9. The minimum absolute atomic E-state index is 0.0950. The van der Waals surface area contributed by atoms with E-state index in [1.165, 1.54) is 12.0 Å². The van der Waals surface area contributed by atoms with Crippen molar-refractivity contribution in [2.75, 3.05) is 0 Å². The van der Waals surface area contributed by atoms with Gasteiger partial charge in [-0.05, 0) is 18.9 Å². The van der Waals surface area contributed by atoms with Gasteiger partial charge >= 0.3 is 0 Å². The van der Waals surface area contributed by atoms with Gasteiger partial charge in [-0.3, -0.25) is 9.78 Å². The van der Waals surface area contributed by atoms with Gasteiger partial charge in [0.15, 0.2) is 0 Å². The van der Waals surface area contributed by atoms with Crippen molar-refractivity contribution < 1.29 is 0 Å². The van der Waals surface area contributed by atoms with Crippen LogP contribution in [0.5, 0.6) is 0 Å². The minimum atomic E-state index is -0.0950. The van der Waals surface area contributed by atoms with Gasteiger partial charge in [0, 0.05) is 18.9 Å². The van der Waals surface area contributed by atoms with Gasteiger partial charge in [-0.15, -0.1) is 0 Å². The molecule has 0 aliphatic rings. The van der Waals surface area contributed by atoms with Crippen LogP contribution in [0.1, 0.15) is 24.0 Å². The molecule has 0 saturated heterocycles. The van der Waals surface area contributed by atoms with Crippen LogP contribution in [-0.4, -0.2) is 25.0 Å². The number of H-pyrrole nitrogens is 1. The Morgan fingerprint density at radius 3 is 3.07 bits per heavy atom. The third kappa shape index (κ3) is 2.21. The molecule has 2 aromatic heterocycles. The summed E-state index contributed by atoms with van der Waals surface area (Å²) in [5, 5.41) is 10.6. The lowest BCUT2D eigenvalue weighted by molar-refractivity contribution is 0.589. The molecule has 0 spiro atoms. The Morgan fingerprint density at radius 1 is 1.60 bits per heavy atom. The number of nitrogens with one attached hydrogen (secondary N) is 1. The summed E-state index contributed by atoms with van der Waals surface area (Å²) in [4.78, 5) is 4.02. The molecule has 0 aliphatic carbocycles. The zero-order valence-electron chi connectivity index (χ0n) is 8.59. The van der Waals surface area contributed by atoms with Gasteiger partial charge in [-0.25, -0.2) is 4.98 Å². The summed E-state index contributed by atoms with van der Waals surface area (Å²) in [5.74, 6) is 0.733. The molecule has 6 nitrogen and oxygen atoms in total. The first-order valence-corrected chi connectivity index (χ1v) is 4.85. The van der Waals surface area contributed by atoms with Crippen molar-refractivity contribution in [2.24, 2.45) is 12.8 Å². The zero-order chi connectivity index (χ0) is 10.7. The van der Waals surface area contributed by atoms with E-state index >= 15 is 0 Å². The van der Waals surface area contributed by atoms with E-state index in [2.05, 4.69) is 20.3 Å². The Hall–Kier alpha value is -1.69. The first kappa shape index (κ1) is 9.85. The number of aromatic amines is 1. The van der Waals surface area contributed by atoms with Gasteiger partial charge in [0.25, 0.3) is 0 Å². The molecule has 1 unspecified atom stereocenters. The summed E-state index contributed by atoms with van der Waals surface area (Å²) in [6.07, 6.45) is 4.97. The summed E-state index contributed by atoms with van der Waals surface area (Å²) < 4.78 is 1.85. The van der Waals surface area contributed by atoms with E-state index in [0.717, 1.165) is 18.7 Å². The van der Waals surface area contributed by atoms with Gasteiger partial charge < -0.3 is 5.73 Å². The number of nitrogens with two attached hydrogens (primary N) is 1. The SMILES string of the molecule is Cn1nccc1CCC(N)c1ncn[nH]1. The molecule has 1 atom stereocenters. The third-order valence-corrected chi connectivity index (χ3v) is 2.42. The molecule has 2 heterocycles. The molecule has 0 saturated carbocycles. The quantitative estimate of drug-likeness (QED) is 0.746. The minimum Gasteiger partial charge on any atom is -0.321 e. The maximum absolute atomic E-state index is 5.94. The summed E-state index contributed by atoms with van der Waals surface area (Å²) in [6, 6.07) is 1.90. The number of rotatable bonds is 4. The highest BCUT2D eigenvalue weighted by Gasteiger charge is 2.09. The van der Waals surface area contributed by atoms with Crippen LogP contribution in [0.15, 0.2) is 18.6 Å². The highest BCUT2D eigenvalue weighted by molar-refractivity contribution is 5.01. The van der Waals surface area contributed by atoms with Crippen molar-refractivity contribution in [3.63, 3.8) is 0 Å². The smallest absolute Gasteiger partial charge is 0.141 e. The standard InChI is InChI=1S/C9H14N6/c1-15-7(4-5-13-15)2-3-8(10)9-11-6-12-14-9/h4-6,8H,2-3,10H2,1H3,(H,11,12,14). The van der Waals surface area contributed by atoms with Crippen molar-refractivity contribution >= 4 is 0 Å². The molecule has 0 radical (unpaired) electrons. The van der Waals surface area contributed by atoms with Gasteiger partial charge in [0.2, 0.25) is 0 Å². The Labute approximate surface area is 87.5 Å². The lowest BCUT2D eigenvalue weighted by Gasteiger charge is -2.07. The number of aryl methyl sites for hydroxylation is 2. The Balaban J connectivity index is 1.91. The molecule has 3 N–H and O–H groups in total. The largest absolute Gasteiger partial charge is 0.321 e. The second-order valence-corrected chi connectivity index (χ2v) is 3.46. The van der Waals surface area contributed by atoms with E-state index in [0.29, 0.717) is 0 Å². The number of hydrogen-bond donors (Lipinski definition) is 2. The molecule has 2 aromatic rings. The van der Waals surface area contributed by atoms with E-state index in [4.69, 9.17) is 5.73 Å². The lowest BCUT2D eigenvalue weighted by Crippen LogP contribution is -2.14. The van der Waals surface area contributed by atoms with Gasteiger partial charge in [0.05, 0.1) is 6.04 Å². The number of hydrogen-bond acceptors (Lipinski definition) is 4. The third-order valence-electron chi connectivity index (χ3n) is 2.42. The monoisotopic (exact) mass is 206 g/mol. The molecule has 0 aliphatic heterocycles. The molecule has 0 amide bonds. The van der Waals surface area contributed by atoms with Gasteiger partial charge in [0.1, 0.15) is 12.2 Å². The van der Waals surface area contributed by atoms with Crippen LogP contribution in [0, 0.1) is 0 Å². The lowest BCUT2D eigenvalue weighted by atomic mass is 10.1. The number of nitrogens with zero attached hydrogens (tertiary/aromatic N) is 4. The Bertz CT molecular complexity index is 404. The van der Waals surface area contributed by atoms with Crippen molar-refractivity contribution in [3.8, 4) is 0 Å². The number of aromatic nitrogens is 5. The fourth-order valence-corrected chi connectivity index (χ4v) is 1.48. The van der Waals surface area contributed by atoms with E-state index in [-0.39, 0.29) is 6.04 Å². The van der Waals surface area contributed by atoms with Crippen LogP contribution in [0.4, 0.5) is 0 Å².